The summed E-state index contributed by atoms with van der Waals surface area (Å²) in [6.07, 6.45) is 5.49. The zero-order valence-electron chi connectivity index (χ0n) is 13.5. The second-order valence-corrected chi connectivity index (χ2v) is 6.02. The first kappa shape index (κ1) is 15.4. The van der Waals surface area contributed by atoms with E-state index in [1.54, 1.807) is 4.68 Å². The molecular weight excluding hydrogens is 322 g/mol. The molecule has 0 radical (unpaired) electrons. The van der Waals surface area contributed by atoms with Gasteiger partial charge < -0.3 is 9.84 Å². The zero-order valence-corrected chi connectivity index (χ0v) is 13.5. The van der Waals surface area contributed by atoms with Crippen LogP contribution < -0.4 is 5.32 Å². The fourth-order valence-electron chi connectivity index (χ4n) is 2.48. The van der Waals surface area contributed by atoms with Gasteiger partial charge in [-0.1, -0.05) is 5.16 Å². The number of anilines is 1. The molecule has 1 aliphatic rings. The molecule has 0 saturated heterocycles. The van der Waals surface area contributed by atoms with Gasteiger partial charge in [0.2, 0.25) is 11.8 Å². The van der Waals surface area contributed by atoms with Crippen LogP contribution in [-0.2, 0) is 11.2 Å². The van der Waals surface area contributed by atoms with Crippen LogP contribution in [0, 0.1) is 0 Å². The Morgan fingerprint density at radius 3 is 2.84 bits per heavy atom. The van der Waals surface area contributed by atoms with Crippen molar-refractivity contribution >= 4 is 11.6 Å². The Morgan fingerprint density at radius 1 is 1.28 bits per heavy atom. The van der Waals surface area contributed by atoms with Crippen molar-refractivity contribution in [1.82, 2.24) is 30.3 Å². The summed E-state index contributed by atoms with van der Waals surface area (Å²) in [5.41, 5.74) is 1.56. The Kier molecular flexibility index (Phi) is 4.19. The summed E-state index contributed by atoms with van der Waals surface area (Å²) in [5.74, 6) is 1.86. The van der Waals surface area contributed by atoms with Crippen molar-refractivity contribution in [2.75, 3.05) is 5.32 Å². The lowest BCUT2D eigenvalue weighted by Crippen LogP contribution is -2.11. The lowest BCUT2D eigenvalue weighted by molar-refractivity contribution is -0.116. The summed E-state index contributed by atoms with van der Waals surface area (Å²) < 4.78 is 6.75. The minimum atomic E-state index is -0.0443. The summed E-state index contributed by atoms with van der Waals surface area (Å²) in [4.78, 5) is 16.4. The largest absolute Gasteiger partial charge is 0.339 e. The van der Waals surface area contributed by atoms with Crippen LogP contribution in [-0.4, -0.2) is 36.3 Å². The fourth-order valence-corrected chi connectivity index (χ4v) is 2.48. The summed E-state index contributed by atoms with van der Waals surface area (Å²) in [5, 5.41) is 17.8. The number of nitrogens with one attached hydrogen (secondary N) is 1. The van der Waals surface area contributed by atoms with E-state index < -0.39 is 0 Å². The molecule has 1 saturated carbocycles. The molecule has 0 bridgehead atoms. The summed E-state index contributed by atoms with van der Waals surface area (Å²) in [7, 11) is 0. The van der Waals surface area contributed by atoms with Crippen LogP contribution in [0.5, 0.6) is 0 Å². The minimum Gasteiger partial charge on any atom is -0.339 e. The van der Waals surface area contributed by atoms with Gasteiger partial charge in [0.05, 0.1) is 5.69 Å². The van der Waals surface area contributed by atoms with Crippen molar-refractivity contribution < 1.29 is 9.32 Å². The third kappa shape index (κ3) is 3.87. The number of tetrazole rings is 1. The van der Waals surface area contributed by atoms with E-state index in [0.717, 1.165) is 30.0 Å². The highest BCUT2D eigenvalue weighted by Crippen LogP contribution is 2.38. The molecule has 1 amide bonds. The van der Waals surface area contributed by atoms with Crippen molar-refractivity contribution in [3.05, 3.63) is 42.3 Å². The van der Waals surface area contributed by atoms with Gasteiger partial charge in [0, 0.05) is 24.4 Å². The van der Waals surface area contributed by atoms with Gasteiger partial charge in [0.25, 0.3) is 0 Å². The van der Waals surface area contributed by atoms with Crippen LogP contribution in [0.15, 0.2) is 35.1 Å². The third-order valence-corrected chi connectivity index (χ3v) is 3.99. The Labute approximate surface area is 143 Å². The predicted molar refractivity (Wildman–Crippen MR) is 87.0 cm³/mol. The average Bonchev–Trinajstić information content (AvgIpc) is 3.12. The van der Waals surface area contributed by atoms with Crippen LogP contribution in [0.4, 0.5) is 5.69 Å². The van der Waals surface area contributed by atoms with E-state index in [9.17, 15) is 4.79 Å². The molecule has 1 N–H and O–H groups in total. The van der Waals surface area contributed by atoms with Gasteiger partial charge >= 0.3 is 0 Å². The van der Waals surface area contributed by atoms with Crippen molar-refractivity contribution in [2.24, 2.45) is 0 Å². The SMILES string of the molecule is O=C(CCCc1nc(C2CC2)no1)Nc1ccc(-n2cnnn2)cc1. The molecular formula is C16H17N7O2. The first-order chi connectivity index (χ1) is 12.3. The normalized spacial score (nSPS) is 13.8. The molecule has 25 heavy (non-hydrogen) atoms. The standard InChI is InChI=1S/C16H17N7O2/c24-14(2-1-3-15-19-16(20-25-15)11-4-5-11)18-12-6-8-13(9-7-12)23-10-17-21-22-23/h6-11H,1-5H2,(H,18,24). The number of hydrogen-bond acceptors (Lipinski definition) is 7. The maximum Gasteiger partial charge on any atom is 0.226 e. The summed E-state index contributed by atoms with van der Waals surface area (Å²) in [6, 6.07) is 7.30. The molecule has 0 spiro atoms. The Morgan fingerprint density at radius 2 is 2.12 bits per heavy atom. The smallest absolute Gasteiger partial charge is 0.226 e. The average molecular weight is 339 g/mol. The van der Waals surface area contributed by atoms with Crippen LogP contribution in [0.1, 0.15) is 43.3 Å². The third-order valence-electron chi connectivity index (χ3n) is 3.99. The molecule has 2 aromatic heterocycles. The highest BCUT2D eigenvalue weighted by Gasteiger charge is 2.28. The van der Waals surface area contributed by atoms with Gasteiger partial charge in [-0.2, -0.15) is 4.98 Å². The maximum atomic E-state index is 12.0. The van der Waals surface area contributed by atoms with Gasteiger partial charge in [0.1, 0.15) is 6.33 Å². The predicted octanol–water partition coefficient (Wildman–Crippen LogP) is 1.88. The molecule has 0 atom stereocenters. The maximum absolute atomic E-state index is 12.0. The summed E-state index contributed by atoms with van der Waals surface area (Å²) in [6.45, 7) is 0. The molecule has 3 aromatic rings. The van der Waals surface area contributed by atoms with Gasteiger partial charge in [0.15, 0.2) is 5.82 Å². The highest BCUT2D eigenvalue weighted by molar-refractivity contribution is 5.90. The Hall–Kier alpha value is -3.10. The summed E-state index contributed by atoms with van der Waals surface area (Å²) >= 11 is 0. The topological polar surface area (TPSA) is 112 Å². The van der Waals surface area contributed by atoms with Crippen molar-refractivity contribution in [3.8, 4) is 5.69 Å². The molecule has 128 valence electrons. The van der Waals surface area contributed by atoms with E-state index in [1.807, 2.05) is 24.3 Å². The lowest BCUT2D eigenvalue weighted by Gasteiger charge is -2.05. The monoisotopic (exact) mass is 339 g/mol. The number of carbonyl (C=O) groups excluding carboxylic acids is 1. The molecule has 1 aliphatic carbocycles. The number of benzene rings is 1. The number of rotatable bonds is 7. The number of aryl methyl sites for hydroxylation is 1. The second kappa shape index (κ2) is 6.80. The van der Waals surface area contributed by atoms with E-state index in [2.05, 4.69) is 31.0 Å². The number of carbonyl (C=O) groups is 1. The molecule has 1 fully saturated rings. The van der Waals surface area contributed by atoms with Gasteiger partial charge in [-0.05, 0) is 54.0 Å². The number of amides is 1. The quantitative estimate of drug-likeness (QED) is 0.699. The molecule has 0 aliphatic heterocycles. The van der Waals surface area contributed by atoms with Crippen LogP contribution in [0.25, 0.3) is 5.69 Å². The van der Waals surface area contributed by atoms with E-state index in [-0.39, 0.29) is 5.91 Å². The van der Waals surface area contributed by atoms with Crippen LogP contribution in [0.2, 0.25) is 0 Å². The Balaban J connectivity index is 1.24. The highest BCUT2D eigenvalue weighted by atomic mass is 16.5. The lowest BCUT2D eigenvalue weighted by atomic mass is 10.2. The molecule has 9 nitrogen and oxygen atoms in total. The molecule has 2 heterocycles. The first-order valence-corrected chi connectivity index (χ1v) is 8.24. The molecule has 9 heteroatoms. The number of aromatic nitrogens is 6. The zero-order chi connectivity index (χ0) is 17.1. The van der Waals surface area contributed by atoms with Crippen LogP contribution in [0.3, 0.4) is 0 Å². The van der Waals surface area contributed by atoms with E-state index in [4.69, 9.17) is 4.52 Å². The van der Waals surface area contributed by atoms with E-state index >= 15 is 0 Å². The van der Waals surface area contributed by atoms with Gasteiger partial charge in [-0.15, -0.1) is 5.10 Å². The second-order valence-electron chi connectivity index (χ2n) is 6.02. The van der Waals surface area contributed by atoms with Gasteiger partial charge in [-0.25, -0.2) is 4.68 Å². The van der Waals surface area contributed by atoms with Crippen LogP contribution >= 0.6 is 0 Å². The van der Waals surface area contributed by atoms with Crippen molar-refractivity contribution in [2.45, 2.75) is 38.0 Å². The number of hydrogen-bond donors (Lipinski definition) is 1. The number of nitrogens with zero attached hydrogens (tertiary/aromatic N) is 6. The fraction of sp³-hybridized carbons (Fsp3) is 0.375. The molecule has 0 unspecified atom stereocenters. The van der Waals surface area contributed by atoms with E-state index in [0.29, 0.717) is 31.1 Å². The van der Waals surface area contributed by atoms with Crippen molar-refractivity contribution in [3.63, 3.8) is 0 Å². The van der Waals surface area contributed by atoms with Gasteiger partial charge in [-0.3, -0.25) is 4.79 Å². The van der Waals surface area contributed by atoms with Crippen molar-refractivity contribution in [1.29, 1.82) is 0 Å². The Bertz CT molecular complexity index is 838. The molecule has 4 rings (SSSR count). The van der Waals surface area contributed by atoms with E-state index in [1.165, 1.54) is 6.33 Å². The molecule has 1 aromatic carbocycles. The minimum absolute atomic E-state index is 0.0443. The first-order valence-electron chi connectivity index (χ1n) is 8.24.